The second kappa shape index (κ2) is 10.1. The molecular formula is C28H48BNO6Si. The van der Waals surface area contributed by atoms with Gasteiger partial charge < -0.3 is 28.8 Å². The predicted octanol–water partition coefficient (Wildman–Crippen LogP) is 5.42. The Morgan fingerprint density at radius 2 is 1.54 bits per heavy atom. The maximum absolute atomic E-state index is 13.9. The van der Waals surface area contributed by atoms with Crippen molar-refractivity contribution >= 4 is 26.6 Å². The van der Waals surface area contributed by atoms with Gasteiger partial charge in [0.05, 0.1) is 23.4 Å². The molecule has 1 N–H and O–H groups in total. The molecule has 0 atom stereocenters. The van der Waals surface area contributed by atoms with Gasteiger partial charge >= 0.3 is 7.12 Å². The molecule has 9 heteroatoms. The van der Waals surface area contributed by atoms with Crippen LogP contribution in [0.1, 0.15) is 79.1 Å². The maximum Gasteiger partial charge on any atom is 0.498 e. The number of carbonyl (C=O) groups is 1. The van der Waals surface area contributed by atoms with Crippen molar-refractivity contribution < 1.29 is 28.3 Å². The molecule has 1 fully saturated rings. The third kappa shape index (κ3) is 7.24. The van der Waals surface area contributed by atoms with Crippen LogP contribution in [0.4, 0.5) is 0 Å². The van der Waals surface area contributed by atoms with Crippen LogP contribution in [0.2, 0.25) is 25.7 Å². The first-order chi connectivity index (χ1) is 16.7. The van der Waals surface area contributed by atoms with E-state index in [-0.39, 0.29) is 11.3 Å². The van der Waals surface area contributed by atoms with Crippen molar-refractivity contribution in [1.82, 2.24) is 5.32 Å². The normalized spacial score (nSPS) is 19.1. The van der Waals surface area contributed by atoms with E-state index < -0.39 is 31.9 Å². The van der Waals surface area contributed by atoms with Gasteiger partial charge in [-0.1, -0.05) is 40.4 Å². The number of nitrogens with one attached hydrogen (secondary N) is 1. The van der Waals surface area contributed by atoms with Crippen LogP contribution in [0.15, 0.2) is 6.07 Å². The van der Waals surface area contributed by atoms with Gasteiger partial charge in [0.1, 0.15) is 13.2 Å². The van der Waals surface area contributed by atoms with Gasteiger partial charge in [-0.2, -0.15) is 0 Å². The fourth-order valence-corrected chi connectivity index (χ4v) is 5.59. The van der Waals surface area contributed by atoms with Gasteiger partial charge in [0.15, 0.2) is 11.5 Å². The van der Waals surface area contributed by atoms with Crippen LogP contribution in [0, 0.1) is 5.41 Å². The lowest BCUT2D eigenvalue weighted by Crippen LogP contribution is -2.46. The smallest absolute Gasteiger partial charge is 0.489 e. The van der Waals surface area contributed by atoms with E-state index in [2.05, 4.69) is 59.6 Å². The van der Waals surface area contributed by atoms with Crippen molar-refractivity contribution in [2.24, 2.45) is 5.41 Å². The van der Waals surface area contributed by atoms with Crippen molar-refractivity contribution in [3.8, 4) is 17.2 Å². The maximum atomic E-state index is 13.9. The van der Waals surface area contributed by atoms with Crippen LogP contribution in [0.3, 0.4) is 0 Å². The van der Waals surface area contributed by atoms with Crippen LogP contribution in [0.25, 0.3) is 0 Å². The Bertz CT molecular complexity index is 993. The Morgan fingerprint density at radius 3 is 2.05 bits per heavy atom. The molecule has 3 rings (SSSR count). The molecule has 0 aliphatic carbocycles. The molecule has 208 valence electrons. The highest BCUT2D eigenvalue weighted by molar-refractivity contribution is 6.76. The molecular weight excluding hydrogens is 485 g/mol. The minimum Gasteiger partial charge on any atom is -0.489 e. The Balaban J connectivity index is 2.09. The van der Waals surface area contributed by atoms with Crippen LogP contribution in [0.5, 0.6) is 17.2 Å². The SMILES string of the molecule is CC(C)(C)CC(C)(C)NC(=O)c1cc(B2OC(C)(C)C(C)(C)O2)c2c(c1OCC[Si](C)(C)C)OCCO2. The molecule has 0 spiro atoms. The molecule has 2 heterocycles. The lowest BCUT2D eigenvalue weighted by molar-refractivity contribution is 0.00578. The highest BCUT2D eigenvalue weighted by Crippen LogP contribution is 2.44. The van der Waals surface area contributed by atoms with Crippen molar-refractivity contribution in [2.75, 3.05) is 19.8 Å². The van der Waals surface area contributed by atoms with E-state index in [1.54, 1.807) is 0 Å². The van der Waals surface area contributed by atoms with E-state index in [1.165, 1.54) is 0 Å². The largest absolute Gasteiger partial charge is 0.498 e. The molecule has 0 bridgehead atoms. The number of hydrogen-bond donors (Lipinski definition) is 1. The van der Waals surface area contributed by atoms with Crippen molar-refractivity contribution in [1.29, 1.82) is 0 Å². The second-order valence-electron chi connectivity index (χ2n) is 14.5. The summed E-state index contributed by atoms with van der Waals surface area (Å²) in [5, 5.41) is 3.25. The fourth-order valence-electron chi connectivity index (χ4n) is 4.87. The molecule has 1 aromatic carbocycles. The Kier molecular flexibility index (Phi) is 8.16. The standard InChI is InChI=1S/C28H48BNO6Si/c1-25(2,3)18-26(4,5)30-24(31)19-17-20(29-35-27(6,7)28(8,9)36-29)22-23(33-14-13-32-22)21(19)34-15-16-37(10,11)12/h17H,13-16,18H2,1-12H3,(H,30,31). The number of rotatable bonds is 8. The van der Waals surface area contributed by atoms with Gasteiger partial charge in [-0.3, -0.25) is 4.79 Å². The number of amides is 1. The fraction of sp³-hybridized carbons (Fsp3) is 0.750. The van der Waals surface area contributed by atoms with E-state index in [1.807, 2.05) is 33.8 Å². The van der Waals surface area contributed by atoms with Crippen molar-refractivity contribution in [2.45, 2.75) is 111 Å². The van der Waals surface area contributed by atoms with Gasteiger partial charge in [0.2, 0.25) is 5.75 Å². The Labute approximate surface area is 225 Å². The van der Waals surface area contributed by atoms with E-state index in [4.69, 9.17) is 23.5 Å². The third-order valence-corrected chi connectivity index (χ3v) is 8.77. The third-order valence-electron chi connectivity index (χ3n) is 7.07. The molecule has 37 heavy (non-hydrogen) atoms. The van der Waals surface area contributed by atoms with E-state index in [0.29, 0.717) is 48.1 Å². The highest BCUT2D eigenvalue weighted by atomic mass is 28.3. The number of fused-ring (bicyclic) bond motifs is 1. The average molecular weight is 534 g/mol. The van der Waals surface area contributed by atoms with E-state index in [9.17, 15) is 4.79 Å². The molecule has 0 unspecified atom stereocenters. The lowest BCUT2D eigenvalue weighted by atomic mass is 9.76. The van der Waals surface area contributed by atoms with Crippen LogP contribution in [-0.4, -0.2) is 57.7 Å². The van der Waals surface area contributed by atoms with Gasteiger partial charge in [0.25, 0.3) is 5.91 Å². The van der Waals surface area contributed by atoms with E-state index >= 15 is 0 Å². The molecule has 7 nitrogen and oxygen atoms in total. The summed E-state index contributed by atoms with van der Waals surface area (Å²) in [6.45, 7) is 26.8. The summed E-state index contributed by atoms with van der Waals surface area (Å²) in [5.74, 6) is 1.19. The minimum atomic E-state index is -1.36. The number of benzene rings is 1. The Morgan fingerprint density at radius 1 is 1.00 bits per heavy atom. The molecule has 1 saturated heterocycles. The molecule has 0 aromatic heterocycles. The lowest BCUT2D eigenvalue weighted by Gasteiger charge is -2.34. The van der Waals surface area contributed by atoms with Gasteiger partial charge in [-0.15, -0.1) is 0 Å². The summed E-state index contributed by atoms with van der Waals surface area (Å²) in [7, 11) is -2.06. The molecule has 1 aromatic rings. The second-order valence-corrected chi connectivity index (χ2v) is 20.1. The molecule has 0 radical (unpaired) electrons. The molecule has 0 saturated carbocycles. The first kappa shape index (κ1) is 29.8. The first-order valence-corrected chi connectivity index (χ1v) is 17.2. The summed E-state index contributed by atoms with van der Waals surface area (Å²) in [5.41, 5.74) is -0.402. The monoisotopic (exact) mass is 533 g/mol. The van der Waals surface area contributed by atoms with Crippen LogP contribution < -0.4 is 25.0 Å². The molecule has 2 aliphatic rings. The van der Waals surface area contributed by atoms with Crippen LogP contribution >= 0.6 is 0 Å². The zero-order valence-corrected chi connectivity index (χ0v) is 26.1. The summed E-state index contributed by atoms with van der Waals surface area (Å²) in [6, 6.07) is 2.76. The number of hydrogen-bond acceptors (Lipinski definition) is 6. The summed E-state index contributed by atoms with van der Waals surface area (Å²) in [4.78, 5) is 13.9. The van der Waals surface area contributed by atoms with Gasteiger partial charge in [0, 0.05) is 19.1 Å². The van der Waals surface area contributed by atoms with Crippen LogP contribution in [-0.2, 0) is 9.31 Å². The first-order valence-electron chi connectivity index (χ1n) is 13.5. The molecule has 2 aliphatic heterocycles. The zero-order valence-electron chi connectivity index (χ0n) is 25.1. The Hall–Kier alpha value is -1.71. The average Bonchev–Trinajstić information content (AvgIpc) is 2.91. The number of carbonyl (C=O) groups excluding carboxylic acids is 1. The number of ether oxygens (including phenoxy) is 3. The predicted molar refractivity (Wildman–Crippen MR) is 152 cm³/mol. The summed E-state index contributed by atoms with van der Waals surface area (Å²) < 4.78 is 31.3. The van der Waals surface area contributed by atoms with Gasteiger partial charge in [-0.25, -0.2) is 0 Å². The highest BCUT2D eigenvalue weighted by Gasteiger charge is 2.53. The van der Waals surface area contributed by atoms with Crippen molar-refractivity contribution in [3.63, 3.8) is 0 Å². The topological polar surface area (TPSA) is 75.3 Å². The minimum absolute atomic E-state index is 0.0497. The van der Waals surface area contributed by atoms with Gasteiger partial charge in [-0.05, 0) is 65.5 Å². The summed E-state index contributed by atoms with van der Waals surface area (Å²) >= 11 is 0. The van der Waals surface area contributed by atoms with Crippen molar-refractivity contribution in [3.05, 3.63) is 11.6 Å². The quantitative estimate of drug-likeness (QED) is 0.450. The van der Waals surface area contributed by atoms with E-state index in [0.717, 1.165) is 12.5 Å². The zero-order chi connectivity index (χ0) is 28.0. The molecule has 1 amide bonds. The summed E-state index contributed by atoms with van der Waals surface area (Å²) in [6.07, 6.45) is 0.812.